The smallest absolute Gasteiger partial charge is 0.361 e. The number of hydrogen-bond acceptors (Lipinski definition) is 6. The van der Waals surface area contributed by atoms with E-state index >= 15 is 0 Å². The standard InChI is InChI=1S/C20H14ClN3O4/c1-12-18(24-19(28-12)13-5-3-2-4-6-13)20(26)27-11-17(25)23-16-9-15(21)8-7-14(16)10-22/h2-9H,11H2,1H3,(H,23,25). The average molecular weight is 396 g/mol. The van der Waals surface area contributed by atoms with E-state index in [0.717, 1.165) is 0 Å². The number of esters is 1. The third-order valence-corrected chi connectivity index (χ3v) is 3.96. The zero-order chi connectivity index (χ0) is 20.1. The van der Waals surface area contributed by atoms with E-state index in [2.05, 4.69) is 10.3 Å². The van der Waals surface area contributed by atoms with Crippen molar-refractivity contribution >= 4 is 29.2 Å². The average Bonchev–Trinajstić information content (AvgIpc) is 3.09. The third-order valence-electron chi connectivity index (χ3n) is 3.72. The molecule has 1 amide bonds. The van der Waals surface area contributed by atoms with Gasteiger partial charge in [0.2, 0.25) is 5.89 Å². The van der Waals surface area contributed by atoms with Crippen molar-refractivity contribution in [1.82, 2.24) is 4.98 Å². The molecule has 0 unspecified atom stereocenters. The van der Waals surface area contributed by atoms with Crippen LogP contribution in [0.3, 0.4) is 0 Å². The van der Waals surface area contributed by atoms with Gasteiger partial charge in [-0.25, -0.2) is 9.78 Å². The summed E-state index contributed by atoms with van der Waals surface area (Å²) in [7, 11) is 0. The van der Waals surface area contributed by atoms with Gasteiger partial charge < -0.3 is 14.5 Å². The van der Waals surface area contributed by atoms with E-state index in [1.54, 1.807) is 19.1 Å². The lowest BCUT2D eigenvalue weighted by Crippen LogP contribution is -2.21. The lowest BCUT2D eigenvalue weighted by atomic mass is 10.2. The number of aromatic nitrogens is 1. The summed E-state index contributed by atoms with van der Waals surface area (Å²) in [5.74, 6) is -0.834. The normalized spacial score (nSPS) is 10.2. The minimum absolute atomic E-state index is 0.00729. The Bertz CT molecular complexity index is 1070. The van der Waals surface area contributed by atoms with Crippen LogP contribution in [0.5, 0.6) is 0 Å². The maximum absolute atomic E-state index is 12.2. The van der Waals surface area contributed by atoms with Crippen LogP contribution in [0.2, 0.25) is 5.02 Å². The molecule has 0 aliphatic carbocycles. The molecule has 7 nitrogen and oxygen atoms in total. The number of rotatable bonds is 5. The molecule has 0 atom stereocenters. The largest absolute Gasteiger partial charge is 0.451 e. The fraction of sp³-hybridized carbons (Fsp3) is 0.100. The molecule has 3 aromatic rings. The summed E-state index contributed by atoms with van der Waals surface area (Å²) in [6.07, 6.45) is 0. The lowest BCUT2D eigenvalue weighted by Gasteiger charge is -2.07. The molecule has 0 aliphatic rings. The van der Waals surface area contributed by atoms with Gasteiger partial charge in [-0.2, -0.15) is 5.26 Å². The minimum Gasteiger partial charge on any atom is -0.451 e. The van der Waals surface area contributed by atoms with Gasteiger partial charge in [0.05, 0.1) is 11.3 Å². The number of ether oxygens (including phenoxy) is 1. The van der Waals surface area contributed by atoms with Crippen LogP contribution in [0.1, 0.15) is 21.8 Å². The Morgan fingerprint density at radius 1 is 1.25 bits per heavy atom. The van der Waals surface area contributed by atoms with E-state index in [-0.39, 0.29) is 28.6 Å². The van der Waals surface area contributed by atoms with Crippen molar-refractivity contribution in [3.8, 4) is 17.5 Å². The highest BCUT2D eigenvalue weighted by Gasteiger charge is 2.20. The number of hydrogen-bond donors (Lipinski definition) is 1. The Morgan fingerprint density at radius 2 is 2.00 bits per heavy atom. The van der Waals surface area contributed by atoms with Gasteiger partial charge in [-0.05, 0) is 37.3 Å². The maximum atomic E-state index is 12.2. The number of oxazole rings is 1. The first kappa shape index (κ1) is 19.1. The van der Waals surface area contributed by atoms with E-state index in [1.165, 1.54) is 18.2 Å². The van der Waals surface area contributed by atoms with Crippen LogP contribution in [0, 0.1) is 18.3 Å². The first-order chi connectivity index (χ1) is 13.5. The predicted octanol–water partition coefficient (Wildman–Crippen LogP) is 3.97. The molecule has 1 aromatic heterocycles. The van der Waals surface area contributed by atoms with Crippen LogP contribution in [0.4, 0.5) is 5.69 Å². The molecule has 140 valence electrons. The Balaban J connectivity index is 1.65. The fourth-order valence-electron chi connectivity index (χ4n) is 2.39. The number of carbonyl (C=O) groups is 2. The highest BCUT2D eigenvalue weighted by molar-refractivity contribution is 6.31. The topological polar surface area (TPSA) is 105 Å². The molecule has 0 aliphatic heterocycles. The molecule has 0 saturated heterocycles. The monoisotopic (exact) mass is 395 g/mol. The molecule has 28 heavy (non-hydrogen) atoms. The summed E-state index contributed by atoms with van der Waals surface area (Å²) in [6.45, 7) is 1.03. The summed E-state index contributed by atoms with van der Waals surface area (Å²) in [4.78, 5) is 28.4. The minimum atomic E-state index is -0.787. The Kier molecular flexibility index (Phi) is 5.72. The third kappa shape index (κ3) is 4.37. The number of amides is 1. The van der Waals surface area contributed by atoms with Crippen LogP contribution in [-0.2, 0) is 9.53 Å². The van der Waals surface area contributed by atoms with Crippen LogP contribution in [0.25, 0.3) is 11.5 Å². The van der Waals surface area contributed by atoms with Gasteiger partial charge >= 0.3 is 5.97 Å². The number of aryl methyl sites for hydroxylation is 1. The predicted molar refractivity (Wildman–Crippen MR) is 102 cm³/mol. The molecule has 1 heterocycles. The summed E-state index contributed by atoms with van der Waals surface area (Å²) in [5.41, 5.74) is 1.18. The number of nitriles is 1. The van der Waals surface area contributed by atoms with Crippen molar-refractivity contribution in [1.29, 1.82) is 5.26 Å². The van der Waals surface area contributed by atoms with E-state index in [4.69, 9.17) is 26.0 Å². The SMILES string of the molecule is Cc1oc(-c2ccccc2)nc1C(=O)OCC(=O)Nc1cc(Cl)ccc1C#N. The van der Waals surface area contributed by atoms with Crippen molar-refractivity contribution in [2.45, 2.75) is 6.92 Å². The number of nitrogens with one attached hydrogen (secondary N) is 1. The molecule has 3 rings (SSSR count). The quantitative estimate of drug-likeness (QED) is 0.655. The van der Waals surface area contributed by atoms with E-state index in [9.17, 15) is 9.59 Å². The van der Waals surface area contributed by atoms with Crippen LogP contribution < -0.4 is 5.32 Å². The van der Waals surface area contributed by atoms with Crippen molar-refractivity contribution in [2.24, 2.45) is 0 Å². The van der Waals surface area contributed by atoms with Gasteiger partial charge in [0.25, 0.3) is 5.91 Å². The van der Waals surface area contributed by atoms with E-state index in [0.29, 0.717) is 10.6 Å². The summed E-state index contributed by atoms with van der Waals surface area (Å²) >= 11 is 5.87. The van der Waals surface area contributed by atoms with E-state index < -0.39 is 18.5 Å². The first-order valence-electron chi connectivity index (χ1n) is 8.17. The number of carbonyl (C=O) groups excluding carboxylic acids is 2. The second kappa shape index (κ2) is 8.37. The Morgan fingerprint density at radius 3 is 2.71 bits per heavy atom. The number of benzene rings is 2. The molecule has 0 fully saturated rings. The molecule has 0 saturated carbocycles. The second-order valence-electron chi connectivity index (χ2n) is 5.72. The summed E-state index contributed by atoms with van der Waals surface area (Å²) in [6, 6.07) is 15.5. The molecule has 0 bridgehead atoms. The van der Waals surface area contributed by atoms with Gasteiger partial charge in [0.1, 0.15) is 11.8 Å². The number of halogens is 1. The van der Waals surface area contributed by atoms with Crippen LogP contribution in [0.15, 0.2) is 52.9 Å². The highest BCUT2D eigenvalue weighted by atomic mass is 35.5. The molecule has 0 spiro atoms. The molecule has 2 aromatic carbocycles. The van der Waals surface area contributed by atoms with Crippen molar-refractivity contribution in [2.75, 3.05) is 11.9 Å². The van der Waals surface area contributed by atoms with Gasteiger partial charge in [-0.15, -0.1) is 0 Å². The van der Waals surface area contributed by atoms with Gasteiger partial charge in [-0.3, -0.25) is 4.79 Å². The Hall–Kier alpha value is -3.63. The zero-order valence-corrected chi connectivity index (χ0v) is 15.5. The highest BCUT2D eigenvalue weighted by Crippen LogP contribution is 2.22. The maximum Gasteiger partial charge on any atom is 0.361 e. The van der Waals surface area contributed by atoms with Crippen molar-refractivity contribution < 1.29 is 18.7 Å². The fourth-order valence-corrected chi connectivity index (χ4v) is 2.57. The van der Waals surface area contributed by atoms with Gasteiger partial charge in [0.15, 0.2) is 12.3 Å². The van der Waals surface area contributed by atoms with Crippen molar-refractivity contribution in [3.05, 3.63) is 70.6 Å². The lowest BCUT2D eigenvalue weighted by molar-refractivity contribution is -0.119. The Labute approximate surface area is 165 Å². The van der Waals surface area contributed by atoms with Crippen LogP contribution in [-0.4, -0.2) is 23.5 Å². The molecular formula is C20H14ClN3O4. The zero-order valence-electron chi connectivity index (χ0n) is 14.7. The number of anilines is 1. The van der Waals surface area contributed by atoms with E-state index in [1.807, 2.05) is 24.3 Å². The molecule has 0 radical (unpaired) electrons. The summed E-state index contributed by atoms with van der Waals surface area (Å²) < 4.78 is 10.5. The van der Waals surface area contributed by atoms with Crippen molar-refractivity contribution in [3.63, 3.8) is 0 Å². The second-order valence-corrected chi connectivity index (χ2v) is 6.15. The van der Waals surface area contributed by atoms with Gasteiger partial charge in [-0.1, -0.05) is 29.8 Å². The molecule has 8 heteroatoms. The van der Waals surface area contributed by atoms with Gasteiger partial charge in [0, 0.05) is 10.6 Å². The molecular weight excluding hydrogens is 382 g/mol. The molecule has 1 N–H and O–H groups in total. The number of nitrogens with zero attached hydrogens (tertiary/aromatic N) is 2. The van der Waals surface area contributed by atoms with Crippen LogP contribution >= 0.6 is 11.6 Å². The first-order valence-corrected chi connectivity index (χ1v) is 8.55. The summed E-state index contributed by atoms with van der Waals surface area (Å²) in [5, 5.41) is 11.9.